The van der Waals surface area contributed by atoms with Crippen molar-refractivity contribution in [2.45, 2.75) is 31.1 Å². The molecule has 46 heavy (non-hydrogen) atoms. The molecule has 0 N–H and O–H groups in total. The third-order valence-electron chi connectivity index (χ3n) is 7.36. The van der Waals surface area contributed by atoms with E-state index >= 15 is 0 Å². The van der Waals surface area contributed by atoms with Crippen molar-refractivity contribution in [2.24, 2.45) is 0 Å². The van der Waals surface area contributed by atoms with E-state index in [0.717, 1.165) is 22.3 Å². The zero-order valence-corrected chi connectivity index (χ0v) is 26.4. The van der Waals surface area contributed by atoms with Gasteiger partial charge in [-0.3, -0.25) is 9.59 Å². The van der Waals surface area contributed by atoms with Crippen molar-refractivity contribution >= 4 is 29.5 Å². The lowest BCUT2D eigenvalue weighted by Gasteiger charge is -2.23. The van der Waals surface area contributed by atoms with Gasteiger partial charge in [0.25, 0.3) is 5.91 Å². The number of benzene rings is 5. The Morgan fingerprint density at radius 2 is 0.848 bits per heavy atom. The van der Waals surface area contributed by atoms with Gasteiger partial charge in [0.1, 0.15) is 0 Å². The molecule has 5 aromatic carbocycles. The topological polar surface area (TPSA) is 66.9 Å². The lowest BCUT2D eigenvalue weighted by Crippen LogP contribution is -2.34. The average molecular weight is 629 g/mol. The van der Waals surface area contributed by atoms with Crippen LogP contribution in [0.4, 0.5) is 0 Å². The summed E-state index contributed by atoms with van der Waals surface area (Å²) in [5.41, 5.74) is 4.37. The Kier molecular flexibility index (Phi) is 11.8. The Labute approximate surface area is 274 Å². The minimum absolute atomic E-state index is 0.0477. The van der Waals surface area contributed by atoms with Gasteiger partial charge in [-0.15, -0.1) is 11.8 Å². The minimum Gasteiger partial charge on any atom is -0.452 e. The van der Waals surface area contributed by atoms with Crippen LogP contribution in [-0.4, -0.2) is 39.9 Å². The largest absolute Gasteiger partial charge is 0.452 e. The second kappa shape index (κ2) is 16.8. The summed E-state index contributed by atoms with van der Waals surface area (Å²) in [6.07, 6.45) is 0. The molecule has 0 aliphatic heterocycles. The average Bonchev–Trinajstić information content (AvgIpc) is 3.11. The van der Waals surface area contributed by atoms with E-state index in [-0.39, 0.29) is 17.6 Å². The van der Waals surface area contributed by atoms with Crippen LogP contribution >= 0.6 is 11.8 Å². The molecule has 5 aromatic rings. The summed E-state index contributed by atoms with van der Waals surface area (Å²) in [7, 11) is 0. The van der Waals surface area contributed by atoms with E-state index in [1.54, 1.807) is 23.1 Å². The SMILES string of the molecule is O=C(OCC(=O)N(Cc1ccccc1)Cc1ccccc1)c1ccccc1SCC(=O)N(Cc1ccccc1)Cc1ccccc1. The van der Waals surface area contributed by atoms with Crippen molar-refractivity contribution in [1.82, 2.24) is 9.80 Å². The Balaban J connectivity index is 1.23. The summed E-state index contributed by atoms with van der Waals surface area (Å²) in [6, 6.07) is 46.3. The molecular weight excluding hydrogens is 593 g/mol. The minimum atomic E-state index is -0.603. The monoisotopic (exact) mass is 628 g/mol. The second-order valence-electron chi connectivity index (χ2n) is 10.8. The number of ether oxygens (including phenoxy) is 1. The van der Waals surface area contributed by atoms with Crippen molar-refractivity contribution in [3.8, 4) is 0 Å². The van der Waals surface area contributed by atoms with Crippen LogP contribution < -0.4 is 0 Å². The molecule has 0 fully saturated rings. The Morgan fingerprint density at radius 3 is 1.28 bits per heavy atom. The highest BCUT2D eigenvalue weighted by molar-refractivity contribution is 8.00. The standard InChI is InChI=1S/C39H36N2O4S/c42-37(40(25-31-15-5-1-6-16-31)26-32-17-7-2-8-18-32)29-45-39(44)35-23-13-14-24-36(35)46-30-38(43)41(27-33-19-9-3-10-20-33)28-34-21-11-4-12-22-34/h1-24H,25-30H2. The normalized spacial score (nSPS) is 10.6. The van der Waals surface area contributed by atoms with Gasteiger partial charge in [0, 0.05) is 31.1 Å². The zero-order valence-electron chi connectivity index (χ0n) is 25.5. The van der Waals surface area contributed by atoms with Crippen LogP contribution in [0.1, 0.15) is 32.6 Å². The van der Waals surface area contributed by atoms with Crippen molar-refractivity contribution in [3.05, 3.63) is 173 Å². The number of carbonyl (C=O) groups excluding carboxylic acids is 3. The summed E-state index contributed by atoms with van der Waals surface area (Å²) < 4.78 is 5.56. The van der Waals surface area contributed by atoms with E-state index in [1.165, 1.54) is 11.8 Å². The molecule has 0 heterocycles. The number of rotatable bonds is 14. The summed E-state index contributed by atoms with van der Waals surface area (Å²) in [4.78, 5) is 44.3. The number of hydrogen-bond donors (Lipinski definition) is 0. The van der Waals surface area contributed by atoms with E-state index in [9.17, 15) is 14.4 Å². The molecule has 5 rings (SSSR count). The second-order valence-corrected chi connectivity index (χ2v) is 11.8. The maximum Gasteiger partial charge on any atom is 0.339 e. The smallest absolute Gasteiger partial charge is 0.339 e. The summed E-state index contributed by atoms with van der Waals surface area (Å²) in [5, 5.41) is 0. The predicted molar refractivity (Wildman–Crippen MR) is 182 cm³/mol. The molecule has 6 nitrogen and oxygen atoms in total. The van der Waals surface area contributed by atoms with Gasteiger partial charge in [-0.1, -0.05) is 133 Å². The molecule has 232 valence electrons. The number of hydrogen-bond acceptors (Lipinski definition) is 5. The quantitative estimate of drug-likeness (QED) is 0.0948. The number of carbonyl (C=O) groups is 3. The number of esters is 1. The first-order chi connectivity index (χ1) is 22.5. The molecule has 7 heteroatoms. The van der Waals surface area contributed by atoms with Gasteiger partial charge in [0.2, 0.25) is 5.91 Å². The van der Waals surface area contributed by atoms with Crippen LogP contribution in [0.3, 0.4) is 0 Å². The molecule has 0 spiro atoms. The van der Waals surface area contributed by atoms with Gasteiger partial charge in [-0.05, 0) is 34.4 Å². The highest BCUT2D eigenvalue weighted by Crippen LogP contribution is 2.25. The molecule has 0 unspecified atom stereocenters. The lowest BCUT2D eigenvalue weighted by molar-refractivity contribution is -0.135. The Bertz CT molecular complexity index is 1620. The molecule has 2 amide bonds. The first-order valence-corrected chi connectivity index (χ1v) is 16.1. The van der Waals surface area contributed by atoms with Crippen molar-refractivity contribution in [3.63, 3.8) is 0 Å². The van der Waals surface area contributed by atoms with Crippen LogP contribution in [0.25, 0.3) is 0 Å². The van der Waals surface area contributed by atoms with E-state index in [0.29, 0.717) is 36.6 Å². The first-order valence-electron chi connectivity index (χ1n) is 15.2. The van der Waals surface area contributed by atoms with Crippen LogP contribution in [0, 0.1) is 0 Å². The maximum atomic E-state index is 13.5. The summed E-state index contributed by atoms with van der Waals surface area (Å²) in [5.74, 6) is -0.800. The molecule has 0 saturated carbocycles. The molecule has 0 bridgehead atoms. The van der Waals surface area contributed by atoms with Crippen LogP contribution in [0.15, 0.2) is 150 Å². The van der Waals surface area contributed by atoms with E-state index in [4.69, 9.17) is 4.74 Å². The van der Waals surface area contributed by atoms with Crippen molar-refractivity contribution in [2.75, 3.05) is 12.4 Å². The third kappa shape index (κ3) is 9.68. The zero-order chi connectivity index (χ0) is 32.0. The van der Waals surface area contributed by atoms with Gasteiger partial charge in [0.15, 0.2) is 6.61 Å². The number of nitrogens with zero attached hydrogens (tertiary/aromatic N) is 2. The van der Waals surface area contributed by atoms with Gasteiger partial charge >= 0.3 is 5.97 Å². The lowest BCUT2D eigenvalue weighted by atomic mass is 10.1. The van der Waals surface area contributed by atoms with Gasteiger partial charge in [-0.25, -0.2) is 4.79 Å². The molecule has 0 aromatic heterocycles. The summed E-state index contributed by atoms with van der Waals surface area (Å²) in [6.45, 7) is 1.34. The molecule has 0 saturated heterocycles. The third-order valence-corrected chi connectivity index (χ3v) is 8.41. The predicted octanol–water partition coefficient (Wildman–Crippen LogP) is 7.39. The Hall–Kier alpha value is -5.14. The molecule has 0 aliphatic rings. The fourth-order valence-electron chi connectivity index (χ4n) is 4.97. The fraction of sp³-hybridized carbons (Fsp3) is 0.154. The van der Waals surface area contributed by atoms with Crippen molar-refractivity contribution < 1.29 is 19.1 Å². The summed E-state index contributed by atoms with van der Waals surface area (Å²) >= 11 is 1.29. The van der Waals surface area contributed by atoms with Crippen molar-refractivity contribution in [1.29, 1.82) is 0 Å². The van der Waals surface area contributed by atoms with Crippen LogP contribution in [0.5, 0.6) is 0 Å². The van der Waals surface area contributed by atoms with Gasteiger partial charge in [-0.2, -0.15) is 0 Å². The molecule has 0 atom stereocenters. The number of amides is 2. The maximum absolute atomic E-state index is 13.5. The fourth-order valence-corrected chi connectivity index (χ4v) is 5.91. The molecule has 0 aliphatic carbocycles. The highest BCUT2D eigenvalue weighted by Gasteiger charge is 2.21. The van der Waals surface area contributed by atoms with E-state index in [2.05, 4.69) is 0 Å². The number of thioether (sulfide) groups is 1. The molecular formula is C39H36N2O4S. The van der Waals surface area contributed by atoms with Gasteiger partial charge in [0.05, 0.1) is 11.3 Å². The van der Waals surface area contributed by atoms with Gasteiger partial charge < -0.3 is 14.5 Å². The van der Waals surface area contributed by atoms with Crippen LogP contribution in [0.2, 0.25) is 0 Å². The molecule has 0 radical (unpaired) electrons. The van der Waals surface area contributed by atoms with E-state index in [1.807, 2.05) is 132 Å². The first kappa shape index (κ1) is 32.3. The van der Waals surface area contributed by atoms with E-state index < -0.39 is 12.6 Å². The van der Waals surface area contributed by atoms with Crippen LogP contribution in [-0.2, 0) is 40.5 Å². The highest BCUT2D eigenvalue weighted by atomic mass is 32.2. The Morgan fingerprint density at radius 1 is 0.478 bits per heavy atom.